The third kappa shape index (κ3) is 5.01. The number of hydrogen-bond donors (Lipinski definition) is 2. The Labute approximate surface area is 129 Å². The molecule has 0 saturated heterocycles. The molecule has 1 heterocycles. The van der Waals surface area contributed by atoms with Gasteiger partial charge in [-0.3, -0.25) is 9.78 Å². The maximum Gasteiger partial charge on any atom is 0.326 e. The van der Waals surface area contributed by atoms with Crippen molar-refractivity contribution in [1.29, 1.82) is 0 Å². The van der Waals surface area contributed by atoms with Gasteiger partial charge in [0.15, 0.2) is 0 Å². The van der Waals surface area contributed by atoms with Crippen LogP contribution in [0.4, 0.5) is 0 Å². The first-order valence-corrected chi connectivity index (χ1v) is 7.10. The molecule has 2 N–H and O–H groups in total. The zero-order chi connectivity index (χ0) is 15.8. The van der Waals surface area contributed by atoms with E-state index in [4.69, 9.17) is 0 Å². The molecule has 0 spiro atoms. The predicted molar refractivity (Wildman–Crippen MR) is 82.3 cm³/mol. The number of rotatable bonds is 7. The van der Waals surface area contributed by atoms with Crippen LogP contribution in [0.1, 0.15) is 17.5 Å². The molecule has 0 aliphatic carbocycles. The summed E-state index contributed by atoms with van der Waals surface area (Å²) >= 11 is 0. The van der Waals surface area contributed by atoms with Crippen molar-refractivity contribution in [3.05, 3.63) is 66.0 Å². The number of carboxylic acids is 1. The molecule has 1 atom stereocenters. The van der Waals surface area contributed by atoms with Crippen molar-refractivity contribution in [3.63, 3.8) is 0 Å². The highest BCUT2D eigenvalue weighted by Crippen LogP contribution is 2.05. The minimum atomic E-state index is -1.03. The van der Waals surface area contributed by atoms with Crippen LogP contribution >= 0.6 is 0 Å². The maximum atomic E-state index is 11.9. The number of carbonyl (C=O) groups is 2. The van der Waals surface area contributed by atoms with Crippen molar-refractivity contribution in [3.8, 4) is 0 Å². The van der Waals surface area contributed by atoms with E-state index < -0.39 is 12.0 Å². The number of nitrogens with one attached hydrogen (secondary N) is 1. The topological polar surface area (TPSA) is 79.3 Å². The van der Waals surface area contributed by atoms with E-state index in [-0.39, 0.29) is 18.7 Å². The van der Waals surface area contributed by atoms with Gasteiger partial charge in [-0.15, -0.1) is 0 Å². The average Bonchev–Trinajstić information content (AvgIpc) is 2.54. The lowest BCUT2D eigenvalue weighted by atomic mass is 10.1. The van der Waals surface area contributed by atoms with Crippen LogP contribution in [0.25, 0.3) is 0 Å². The Morgan fingerprint density at radius 2 is 1.82 bits per heavy atom. The zero-order valence-electron chi connectivity index (χ0n) is 12.1. The normalized spacial score (nSPS) is 11.6. The standard InChI is InChI=1S/C17H18N2O3/c20-16(9-8-14-7-4-10-18-12-14)19-15(17(21)22)11-13-5-2-1-3-6-13/h1-7,10,12,15H,8-9,11H2,(H,19,20)(H,21,22). The summed E-state index contributed by atoms with van der Waals surface area (Å²) in [6.07, 6.45) is 4.42. The Hall–Kier alpha value is -2.69. The second-order valence-corrected chi connectivity index (χ2v) is 5.01. The van der Waals surface area contributed by atoms with Crippen molar-refractivity contribution in [1.82, 2.24) is 10.3 Å². The van der Waals surface area contributed by atoms with Crippen molar-refractivity contribution in [2.24, 2.45) is 0 Å². The summed E-state index contributed by atoms with van der Waals surface area (Å²) in [7, 11) is 0. The minimum Gasteiger partial charge on any atom is -0.480 e. The lowest BCUT2D eigenvalue weighted by Gasteiger charge is -2.14. The Morgan fingerprint density at radius 1 is 1.09 bits per heavy atom. The van der Waals surface area contributed by atoms with E-state index in [1.807, 2.05) is 42.5 Å². The molecule has 22 heavy (non-hydrogen) atoms. The molecule has 5 heteroatoms. The Balaban J connectivity index is 1.88. The Morgan fingerprint density at radius 3 is 2.45 bits per heavy atom. The molecule has 0 radical (unpaired) electrons. The quantitative estimate of drug-likeness (QED) is 0.817. The second kappa shape index (κ2) is 7.93. The molecule has 1 aromatic heterocycles. The van der Waals surface area contributed by atoms with E-state index in [2.05, 4.69) is 10.3 Å². The Bertz CT molecular complexity index is 614. The van der Waals surface area contributed by atoms with Crippen molar-refractivity contribution < 1.29 is 14.7 Å². The molecule has 0 bridgehead atoms. The summed E-state index contributed by atoms with van der Waals surface area (Å²) in [5, 5.41) is 11.8. The zero-order valence-corrected chi connectivity index (χ0v) is 12.1. The number of aryl methyl sites for hydroxylation is 1. The fourth-order valence-electron chi connectivity index (χ4n) is 2.12. The van der Waals surface area contributed by atoms with Crippen molar-refractivity contribution in [2.75, 3.05) is 0 Å². The minimum absolute atomic E-state index is 0.240. The number of carboxylic acid groups (broad SMARTS) is 1. The molecule has 114 valence electrons. The number of amides is 1. The molecule has 5 nitrogen and oxygen atoms in total. The highest BCUT2D eigenvalue weighted by molar-refractivity contribution is 5.83. The molecule has 2 aromatic rings. The van der Waals surface area contributed by atoms with Crippen LogP contribution in [0, 0.1) is 0 Å². The van der Waals surface area contributed by atoms with Crippen molar-refractivity contribution >= 4 is 11.9 Å². The Kier molecular flexibility index (Phi) is 5.65. The lowest BCUT2D eigenvalue weighted by molar-refractivity contribution is -0.141. The molecule has 0 saturated carbocycles. The van der Waals surface area contributed by atoms with Gasteiger partial charge in [0.2, 0.25) is 5.91 Å². The molecule has 1 amide bonds. The summed E-state index contributed by atoms with van der Waals surface area (Å²) < 4.78 is 0. The summed E-state index contributed by atoms with van der Waals surface area (Å²) in [4.78, 5) is 27.2. The number of aromatic nitrogens is 1. The van der Waals surface area contributed by atoms with E-state index >= 15 is 0 Å². The van der Waals surface area contributed by atoms with E-state index in [0.29, 0.717) is 6.42 Å². The van der Waals surface area contributed by atoms with Crippen LogP contribution in [0.5, 0.6) is 0 Å². The molecular weight excluding hydrogens is 280 g/mol. The molecule has 2 rings (SSSR count). The van der Waals surface area contributed by atoms with Crippen LogP contribution in [-0.2, 0) is 22.4 Å². The first kappa shape index (κ1) is 15.7. The summed E-state index contributed by atoms with van der Waals surface area (Å²) in [6.45, 7) is 0. The largest absolute Gasteiger partial charge is 0.480 e. The van der Waals surface area contributed by atoms with E-state index in [1.165, 1.54) is 0 Å². The molecular formula is C17H18N2O3. The van der Waals surface area contributed by atoms with Gasteiger partial charge in [-0.2, -0.15) is 0 Å². The van der Waals surface area contributed by atoms with Gasteiger partial charge in [-0.1, -0.05) is 36.4 Å². The van der Waals surface area contributed by atoms with Gasteiger partial charge >= 0.3 is 5.97 Å². The number of nitrogens with zero attached hydrogens (tertiary/aromatic N) is 1. The smallest absolute Gasteiger partial charge is 0.326 e. The van der Waals surface area contributed by atoms with Crippen LogP contribution in [0.3, 0.4) is 0 Å². The first-order chi connectivity index (χ1) is 10.6. The number of carbonyl (C=O) groups excluding carboxylic acids is 1. The fourth-order valence-corrected chi connectivity index (χ4v) is 2.12. The van der Waals surface area contributed by atoms with Crippen LogP contribution < -0.4 is 5.32 Å². The van der Waals surface area contributed by atoms with Gasteiger partial charge in [0.25, 0.3) is 0 Å². The number of benzene rings is 1. The van der Waals surface area contributed by atoms with Crippen LogP contribution in [0.2, 0.25) is 0 Å². The highest BCUT2D eigenvalue weighted by atomic mass is 16.4. The SMILES string of the molecule is O=C(CCc1cccnc1)NC(Cc1ccccc1)C(=O)O. The van der Waals surface area contributed by atoms with Crippen LogP contribution in [-0.4, -0.2) is 28.0 Å². The molecule has 1 unspecified atom stereocenters. The average molecular weight is 298 g/mol. The lowest BCUT2D eigenvalue weighted by Crippen LogP contribution is -2.42. The van der Waals surface area contributed by atoms with Gasteiger partial charge < -0.3 is 10.4 Å². The summed E-state index contributed by atoms with van der Waals surface area (Å²) in [5.41, 5.74) is 1.83. The van der Waals surface area contributed by atoms with Crippen molar-refractivity contribution in [2.45, 2.75) is 25.3 Å². The van der Waals surface area contributed by atoms with Gasteiger partial charge in [0.1, 0.15) is 6.04 Å². The van der Waals surface area contributed by atoms with E-state index in [0.717, 1.165) is 11.1 Å². The maximum absolute atomic E-state index is 11.9. The third-order valence-electron chi connectivity index (χ3n) is 3.28. The van der Waals surface area contributed by atoms with E-state index in [1.54, 1.807) is 12.4 Å². The molecule has 0 aliphatic heterocycles. The number of aliphatic carboxylic acids is 1. The summed E-state index contributed by atoms with van der Waals surface area (Å²) in [5.74, 6) is -1.30. The predicted octanol–water partition coefficient (Wildman–Crippen LogP) is 1.83. The monoisotopic (exact) mass is 298 g/mol. The van der Waals surface area contributed by atoms with Crippen LogP contribution in [0.15, 0.2) is 54.9 Å². The molecule has 1 aromatic carbocycles. The van der Waals surface area contributed by atoms with Gasteiger partial charge in [-0.05, 0) is 23.6 Å². The second-order valence-electron chi connectivity index (χ2n) is 5.01. The molecule has 0 aliphatic rings. The number of pyridine rings is 1. The van der Waals surface area contributed by atoms with Gasteiger partial charge in [-0.25, -0.2) is 4.79 Å². The molecule has 0 fully saturated rings. The van der Waals surface area contributed by atoms with E-state index in [9.17, 15) is 14.7 Å². The van der Waals surface area contributed by atoms with Gasteiger partial charge in [0.05, 0.1) is 0 Å². The highest BCUT2D eigenvalue weighted by Gasteiger charge is 2.20. The first-order valence-electron chi connectivity index (χ1n) is 7.10. The fraction of sp³-hybridized carbons (Fsp3) is 0.235. The summed E-state index contributed by atoms with van der Waals surface area (Å²) in [6, 6.07) is 12.0. The third-order valence-corrected chi connectivity index (χ3v) is 3.28. The van der Waals surface area contributed by atoms with Gasteiger partial charge in [0, 0.05) is 25.2 Å². The number of hydrogen-bond acceptors (Lipinski definition) is 3.